The van der Waals surface area contributed by atoms with Crippen molar-refractivity contribution in [3.05, 3.63) is 48.0 Å². The Morgan fingerprint density at radius 1 is 1.09 bits per heavy atom. The molecule has 0 saturated carbocycles. The van der Waals surface area contributed by atoms with Crippen molar-refractivity contribution in [2.75, 3.05) is 36.4 Å². The van der Waals surface area contributed by atoms with Gasteiger partial charge in [-0.05, 0) is 42.5 Å². The normalized spacial score (nSPS) is 17.8. The van der Waals surface area contributed by atoms with Crippen molar-refractivity contribution in [1.82, 2.24) is 15.1 Å². The van der Waals surface area contributed by atoms with Crippen LogP contribution in [0, 0.1) is 17.2 Å². The van der Waals surface area contributed by atoms with E-state index in [-0.39, 0.29) is 34.8 Å². The molecule has 170 valence electrons. The maximum atomic E-state index is 14.7. The third kappa shape index (κ3) is 4.74. The predicted octanol–water partition coefficient (Wildman–Crippen LogP) is 3.44. The second-order valence-electron chi connectivity index (χ2n) is 9.75. The molecule has 0 atom stereocenters. The average Bonchev–Trinajstić information content (AvgIpc) is 2.74. The number of likely N-dealkylation sites (tertiary alicyclic amines) is 1. The minimum atomic E-state index is -0.418. The van der Waals surface area contributed by atoms with Gasteiger partial charge >= 0.3 is 0 Å². The van der Waals surface area contributed by atoms with Crippen LogP contribution in [-0.2, 0) is 9.59 Å². The molecule has 1 N–H and O–H groups in total. The standard InChI is InChI=1S/C24H30FN5O2/c1-24(2,3)23(32)29-10-7-16(8-11-29)17-4-5-21(20(25)12-17)28-22(31)18-14-30(15-18)19-6-9-26-27-13-19/h4-6,9,12-13,16,18H,7-8,10-11,14-15H2,1-3H3,(H,28,31). The molecule has 0 aliphatic carbocycles. The van der Waals surface area contributed by atoms with Gasteiger partial charge in [0.1, 0.15) is 5.82 Å². The number of carbonyl (C=O) groups excluding carboxylic acids is 2. The summed E-state index contributed by atoms with van der Waals surface area (Å²) < 4.78 is 14.7. The SMILES string of the molecule is CC(C)(C)C(=O)N1CCC(c2ccc(NC(=O)C3CN(c4ccnnc4)C3)c(F)c2)CC1. The van der Waals surface area contributed by atoms with Gasteiger partial charge in [0.2, 0.25) is 11.8 Å². The van der Waals surface area contributed by atoms with Crippen molar-refractivity contribution in [1.29, 1.82) is 0 Å². The summed E-state index contributed by atoms with van der Waals surface area (Å²) in [5.74, 6) is -0.406. The minimum absolute atomic E-state index is 0.162. The molecule has 0 radical (unpaired) electrons. The Labute approximate surface area is 188 Å². The molecule has 2 aliphatic rings. The topological polar surface area (TPSA) is 78.4 Å². The fraction of sp³-hybridized carbons (Fsp3) is 0.500. The van der Waals surface area contributed by atoms with Crippen LogP contribution in [0.25, 0.3) is 0 Å². The molecule has 1 aromatic heterocycles. The Bertz CT molecular complexity index is 978. The van der Waals surface area contributed by atoms with Gasteiger partial charge in [0, 0.05) is 31.6 Å². The molecular formula is C24H30FN5O2. The summed E-state index contributed by atoms with van der Waals surface area (Å²) in [5.41, 5.74) is 1.67. The van der Waals surface area contributed by atoms with Crippen LogP contribution < -0.4 is 10.2 Å². The van der Waals surface area contributed by atoms with Crippen LogP contribution in [0.2, 0.25) is 0 Å². The smallest absolute Gasteiger partial charge is 0.231 e. The fourth-order valence-corrected chi connectivity index (χ4v) is 4.34. The van der Waals surface area contributed by atoms with Crippen molar-refractivity contribution in [3.63, 3.8) is 0 Å². The highest BCUT2D eigenvalue weighted by Crippen LogP contribution is 2.32. The second kappa shape index (κ2) is 8.84. The van der Waals surface area contributed by atoms with E-state index >= 15 is 0 Å². The Balaban J connectivity index is 1.30. The first-order chi connectivity index (χ1) is 15.2. The van der Waals surface area contributed by atoms with Crippen molar-refractivity contribution in [3.8, 4) is 0 Å². The van der Waals surface area contributed by atoms with Crippen molar-refractivity contribution in [2.45, 2.75) is 39.5 Å². The summed E-state index contributed by atoms with van der Waals surface area (Å²) in [6, 6.07) is 6.92. The summed E-state index contributed by atoms with van der Waals surface area (Å²) in [6.07, 6.45) is 4.91. The maximum absolute atomic E-state index is 14.7. The number of benzene rings is 1. The van der Waals surface area contributed by atoms with Crippen LogP contribution in [0.1, 0.15) is 45.1 Å². The third-order valence-electron chi connectivity index (χ3n) is 6.33. The molecule has 0 spiro atoms. The van der Waals surface area contributed by atoms with Crippen LogP contribution in [0.5, 0.6) is 0 Å². The molecule has 0 unspecified atom stereocenters. The first-order valence-corrected chi connectivity index (χ1v) is 11.1. The van der Waals surface area contributed by atoms with Gasteiger partial charge in [0.25, 0.3) is 0 Å². The average molecular weight is 440 g/mol. The van der Waals surface area contributed by atoms with E-state index in [0.29, 0.717) is 26.2 Å². The zero-order valence-corrected chi connectivity index (χ0v) is 18.8. The molecule has 2 fully saturated rings. The monoisotopic (exact) mass is 439 g/mol. The molecule has 2 aliphatic heterocycles. The van der Waals surface area contributed by atoms with Gasteiger partial charge < -0.3 is 15.1 Å². The summed E-state index contributed by atoms with van der Waals surface area (Å²) >= 11 is 0. The van der Waals surface area contributed by atoms with Crippen molar-refractivity contribution >= 4 is 23.2 Å². The number of hydrogen-bond donors (Lipinski definition) is 1. The highest BCUT2D eigenvalue weighted by molar-refractivity contribution is 5.94. The van der Waals surface area contributed by atoms with E-state index in [1.165, 1.54) is 6.07 Å². The van der Waals surface area contributed by atoms with Gasteiger partial charge in [-0.2, -0.15) is 10.2 Å². The molecular weight excluding hydrogens is 409 g/mol. The molecule has 8 heteroatoms. The van der Waals surface area contributed by atoms with E-state index < -0.39 is 5.82 Å². The second-order valence-corrected chi connectivity index (χ2v) is 9.75. The number of amides is 2. The Morgan fingerprint density at radius 2 is 1.81 bits per heavy atom. The number of nitrogens with one attached hydrogen (secondary N) is 1. The van der Waals surface area contributed by atoms with E-state index in [2.05, 4.69) is 15.5 Å². The summed E-state index contributed by atoms with van der Waals surface area (Å²) in [6.45, 7) is 8.31. The van der Waals surface area contributed by atoms with E-state index in [1.54, 1.807) is 18.5 Å². The van der Waals surface area contributed by atoms with E-state index in [1.807, 2.05) is 42.7 Å². The number of aromatic nitrogens is 2. The van der Waals surface area contributed by atoms with Crippen LogP contribution in [-0.4, -0.2) is 53.1 Å². The molecule has 1 aromatic carbocycles. The molecule has 2 saturated heterocycles. The Morgan fingerprint density at radius 3 is 2.41 bits per heavy atom. The van der Waals surface area contributed by atoms with Crippen LogP contribution in [0.3, 0.4) is 0 Å². The number of rotatable bonds is 4. The summed E-state index contributed by atoms with van der Waals surface area (Å²) in [5, 5.41) is 10.3. The van der Waals surface area contributed by atoms with Crippen LogP contribution >= 0.6 is 0 Å². The highest BCUT2D eigenvalue weighted by atomic mass is 19.1. The Kier molecular flexibility index (Phi) is 6.13. The molecule has 32 heavy (non-hydrogen) atoms. The van der Waals surface area contributed by atoms with Crippen LogP contribution in [0.4, 0.5) is 15.8 Å². The van der Waals surface area contributed by atoms with Crippen molar-refractivity contribution in [2.24, 2.45) is 11.3 Å². The third-order valence-corrected chi connectivity index (χ3v) is 6.33. The first kappa shape index (κ1) is 22.2. The summed E-state index contributed by atoms with van der Waals surface area (Å²) in [4.78, 5) is 28.9. The van der Waals surface area contributed by atoms with Crippen LogP contribution in [0.15, 0.2) is 36.7 Å². The zero-order valence-electron chi connectivity index (χ0n) is 18.8. The highest BCUT2D eigenvalue weighted by Gasteiger charge is 2.34. The molecule has 3 heterocycles. The maximum Gasteiger partial charge on any atom is 0.231 e. The number of hydrogen-bond acceptors (Lipinski definition) is 5. The quantitative estimate of drug-likeness (QED) is 0.790. The van der Waals surface area contributed by atoms with Gasteiger partial charge in [-0.25, -0.2) is 4.39 Å². The predicted molar refractivity (Wildman–Crippen MR) is 121 cm³/mol. The lowest BCUT2D eigenvalue weighted by Crippen LogP contribution is -2.52. The van der Waals surface area contributed by atoms with E-state index in [9.17, 15) is 14.0 Å². The van der Waals surface area contributed by atoms with Gasteiger partial charge in [-0.3, -0.25) is 9.59 Å². The van der Waals surface area contributed by atoms with Crippen molar-refractivity contribution < 1.29 is 14.0 Å². The lowest BCUT2D eigenvalue weighted by molar-refractivity contribution is -0.140. The molecule has 2 aromatic rings. The molecule has 4 rings (SSSR count). The largest absolute Gasteiger partial charge is 0.368 e. The zero-order chi connectivity index (χ0) is 22.9. The lowest BCUT2D eigenvalue weighted by atomic mass is 9.87. The van der Waals surface area contributed by atoms with Gasteiger partial charge in [-0.1, -0.05) is 26.8 Å². The number of anilines is 2. The molecule has 2 amide bonds. The van der Waals surface area contributed by atoms with E-state index in [0.717, 1.165) is 24.1 Å². The Hall–Kier alpha value is -3.03. The molecule has 7 nitrogen and oxygen atoms in total. The van der Waals surface area contributed by atoms with E-state index in [4.69, 9.17) is 0 Å². The first-order valence-electron chi connectivity index (χ1n) is 11.1. The number of carbonyl (C=O) groups is 2. The number of halogens is 1. The number of piperidine rings is 1. The fourth-order valence-electron chi connectivity index (χ4n) is 4.34. The van der Waals surface area contributed by atoms with Gasteiger partial charge in [-0.15, -0.1) is 0 Å². The lowest BCUT2D eigenvalue weighted by Gasteiger charge is -2.39. The van der Waals surface area contributed by atoms with Gasteiger partial charge in [0.05, 0.1) is 29.7 Å². The summed E-state index contributed by atoms with van der Waals surface area (Å²) in [7, 11) is 0. The number of nitrogens with zero attached hydrogens (tertiary/aromatic N) is 4. The van der Waals surface area contributed by atoms with Gasteiger partial charge in [0.15, 0.2) is 0 Å². The molecule has 0 bridgehead atoms. The minimum Gasteiger partial charge on any atom is -0.368 e.